The molecule has 0 aliphatic carbocycles. The molecule has 1 aromatic heterocycles. The summed E-state index contributed by atoms with van der Waals surface area (Å²) in [5.74, 6) is 1.34. The van der Waals surface area contributed by atoms with Crippen LogP contribution in [-0.2, 0) is 0 Å². The average Bonchev–Trinajstić information content (AvgIpc) is 3.35. The molecule has 2 aromatic carbocycles. The molecule has 3 aromatic rings. The monoisotopic (exact) mass is 365 g/mol. The summed E-state index contributed by atoms with van der Waals surface area (Å²) in [6.45, 7) is 1.13. The highest BCUT2D eigenvalue weighted by Crippen LogP contribution is 2.37. The summed E-state index contributed by atoms with van der Waals surface area (Å²) in [7, 11) is 0. The lowest BCUT2D eigenvalue weighted by atomic mass is 9.86. The molecule has 3 heterocycles. The van der Waals surface area contributed by atoms with Crippen molar-refractivity contribution in [1.82, 2.24) is 14.9 Å². The van der Waals surface area contributed by atoms with E-state index in [9.17, 15) is 9.90 Å². The van der Waals surface area contributed by atoms with Crippen molar-refractivity contribution in [3.63, 3.8) is 0 Å². The number of benzene rings is 2. The van der Waals surface area contributed by atoms with E-state index in [2.05, 4.69) is 9.97 Å². The van der Waals surface area contributed by atoms with Gasteiger partial charge in [0.1, 0.15) is 0 Å². The largest absolute Gasteiger partial charge is 0.454 e. The summed E-state index contributed by atoms with van der Waals surface area (Å²) >= 11 is 0. The number of fused-ring (bicyclic) bond motifs is 2. The van der Waals surface area contributed by atoms with E-state index in [0.717, 1.165) is 22.3 Å². The lowest BCUT2D eigenvalue weighted by Crippen LogP contribution is -2.45. The van der Waals surface area contributed by atoms with Crippen molar-refractivity contribution in [2.24, 2.45) is 0 Å². The Morgan fingerprint density at radius 2 is 2.07 bits per heavy atom. The fraction of sp³-hybridized carbons (Fsp3) is 0.300. The first-order valence-corrected chi connectivity index (χ1v) is 8.99. The molecule has 27 heavy (non-hydrogen) atoms. The van der Waals surface area contributed by atoms with Gasteiger partial charge in [0.2, 0.25) is 6.79 Å². The van der Waals surface area contributed by atoms with Crippen LogP contribution in [0.5, 0.6) is 11.5 Å². The van der Waals surface area contributed by atoms with Gasteiger partial charge in [0.25, 0.3) is 5.91 Å². The number of nitrogens with one attached hydrogen (secondary N) is 1. The number of hydrogen-bond donors (Lipinski definition) is 2. The molecule has 2 N–H and O–H groups in total. The summed E-state index contributed by atoms with van der Waals surface area (Å²) in [5.41, 5.74) is 3.27. The van der Waals surface area contributed by atoms with Crippen molar-refractivity contribution < 1.29 is 19.4 Å². The van der Waals surface area contributed by atoms with Crippen LogP contribution in [0.4, 0.5) is 0 Å². The first-order chi connectivity index (χ1) is 13.2. The van der Waals surface area contributed by atoms with E-state index in [1.165, 1.54) is 0 Å². The number of nitrogens with zero attached hydrogens (tertiary/aromatic N) is 2. The molecule has 0 saturated carbocycles. The molecule has 5 rings (SSSR count). The lowest BCUT2D eigenvalue weighted by Gasteiger charge is -2.36. The zero-order valence-corrected chi connectivity index (χ0v) is 14.6. The number of rotatable bonds is 2. The predicted molar refractivity (Wildman–Crippen MR) is 97.9 cm³/mol. The first-order valence-electron chi connectivity index (χ1n) is 8.99. The van der Waals surface area contributed by atoms with Gasteiger partial charge in [-0.25, -0.2) is 4.98 Å². The number of piperidine rings is 1. The number of imidazole rings is 1. The molecule has 0 bridgehead atoms. The number of aliphatic hydroxyl groups is 1. The number of hydrogen-bond acceptors (Lipinski definition) is 5. The number of carbonyl (C=O) groups excluding carboxylic acids is 1. The van der Waals surface area contributed by atoms with Gasteiger partial charge < -0.3 is 24.5 Å². The van der Waals surface area contributed by atoms with Gasteiger partial charge in [-0.1, -0.05) is 6.07 Å². The smallest absolute Gasteiger partial charge is 0.254 e. The van der Waals surface area contributed by atoms with E-state index in [-0.39, 0.29) is 18.6 Å². The number of aliphatic hydroxyl groups excluding tert-OH is 1. The predicted octanol–water partition coefficient (Wildman–Crippen LogP) is 2.28. The van der Waals surface area contributed by atoms with Crippen LogP contribution in [0.1, 0.15) is 28.3 Å². The Bertz CT molecular complexity index is 1020. The maximum absolute atomic E-state index is 12.9. The van der Waals surface area contributed by atoms with Gasteiger partial charge in [-0.15, -0.1) is 0 Å². The van der Waals surface area contributed by atoms with Crippen LogP contribution in [0, 0.1) is 0 Å². The van der Waals surface area contributed by atoms with Crippen LogP contribution in [0.3, 0.4) is 0 Å². The summed E-state index contributed by atoms with van der Waals surface area (Å²) in [6, 6.07) is 11.2. The molecule has 1 saturated heterocycles. The van der Waals surface area contributed by atoms with Crippen LogP contribution in [0.25, 0.3) is 11.0 Å². The Morgan fingerprint density at radius 3 is 2.96 bits per heavy atom. The van der Waals surface area contributed by atoms with Crippen LogP contribution >= 0.6 is 0 Å². The van der Waals surface area contributed by atoms with Crippen molar-refractivity contribution in [2.75, 3.05) is 19.9 Å². The topological polar surface area (TPSA) is 87.7 Å². The fourth-order valence-corrected chi connectivity index (χ4v) is 3.90. The number of carbonyl (C=O) groups is 1. The van der Waals surface area contributed by atoms with Gasteiger partial charge in [0.15, 0.2) is 11.5 Å². The molecule has 7 nitrogen and oxygen atoms in total. The van der Waals surface area contributed by atoms with Gasteiger partial charge in [-0.05, 0) is 42.3 Å². The molecular formula is C20H19N3O4. The van der Waals surface area contributed by atoms with E-state index in [0.29, 0.717) is 30.8 Å². The summed E-state index contributed by atoms with van der Waals surface area (Å²) < 4.78 is 10.8. The van der Waals surface area contributed by atoms with Gasteiger partial charge in [-0.2, -0.15) is 0 Å². The van der Waals surface area contributed by atoms with Crippen molar-refractivity contribution in [2.45, 2.75) is 18.4 Å². The highest BCUT2D eigenvalue weighted by Gasteiger charge is 2.32. The van der Waals surface area contributed by atoms with Crippen molar-refractivity contribution >= 4 is 16.9 Å². The van der Waals surface area contributed by atoms with Crippen LogP contribution < -0.4 is 9.47 Å². The summed E-state index contributed by atoms with van der Waals surface area (Å²) in [5, 5.41) is 10.7. The highest BCUT2D eigenvalue weighted by atomic mass is 16.7. The molecular weight excluding hydrogens is 346 g/mol. The van der Waals surface area contributed by atoms with Crippen LogP contribution in [0.2, 0.25) is 0 Å². The first kappa shape index (κ1) is 16.1. The third kappa shape index (κ3) is 2.80. The highest BCUT2D eigenvalue weighted by molar-refractivity contribution is 5.97. The van der Waals surface area contributed by atoms with Gasteiger partial charge in [0.05, 0.1) is 23.5 Å². The standard InChI is InChI=1S/C20H19N3O4/c24-17-9-23(20(25)13-1-3-15-16(7-13)22-10-21-15)6-5-14(17)12-2-4-18-19(8-12)27-11-26-18/h1-4,7-8,10,14,17,24H,5-6,9,11H2,(H,21,22)/t14-,17+/m0/s1. The van der Waals surface area contributed by atoms with Crippen molar-refractivity contribution in [3.8, 4) is 11.5 Å². The minimum atomic E-state index is -0.626. The van der Waals surface area contributed by atoms with E-state index in [1.54, 1.807) is 23.4 Å². The number of H-pyrrole nitrogens is 1. The second-order valence-corrected chi connectivity index (χ2v) is 6.96. The van der Waals surface area contributed by atoms with E-state index in [4.69, 9.17) is 9.47 Å². The average molecular weight is 365 g/mol. The van der Waals surface area contributed by atoms with Gasteiger partial charge >= 0.3 is 0 Å². The minimum Gasteiger partial charge on any atom is -0.454 e. The summed E-state index contributed by atoms with van der Waals surface area (Å²) in [4.78, 5) is 21.8. The van der Waals surface area contributed by atoms with E-state index in [1.807, 2.05) is 24.3 Å². The molecule has 0 unspecified atom stereocenters. The molecule has 2 aliphatic heterocycles. The number of likely N-dealkylation sites (tertiary alicyclic amines) is 1. The molecule has 0 radical (unpaired) electrons. The zero-order chi connectivity index (χ0) is 18.4. The molecule has 1 amide bonds. The Kier molecular flexibility index (Phi) is 3.75. The number of aromatic amines is 1. The molecule has 2 aliphatic rings. The molecule has 2 atom stereocenters. The molecule has 7 heteroatoms. The Hall–Kier alpha value is -3.06. The van der Waals surface area contributed by atoms with E-state index < -0.39 is 6.10 Å². The quantitative estimate of drug-likeness (QED) is 0.727. The normalized spacial score (nSPS) is 21.6. The number of amides is 1. The minimum absolute atomic E-state index is 0.0290. The van der Waals surface area contributed by atoms with Crippen LogP contribution in [0.15, 0.2) is 42.7 Å². The maximum Gasteiger partial charge on any atom is 0.254 e. The Balaban J connectivity index is 1.32. The third-order valence-corrected chi connectivity index (χ3v) is 5.36. The number of β-amino-alcohol motifs (C(OH)–C–C–N with tert-alkyl or cyclic N) is 1. The van der Waals surface area contributed by atoms with Gasteiger partial charge in [0, 0.05) is 24.6 Å². The fourth-order valence-electron chi connectivity index (χ4n) is 3.90. The molecule has 138 valence electrons. The SMILES string of the molecule is O=C(c1ccc2nc[nH]c2c1)N1CC[C@@H](c2ccc3c(c2)OCO3)[C@H](O)C1. The number of ether oxygens (including phenoxy) is 2. The Morgan fingerprint density at radius 1 is 1.19 bits per heavy atom. The van der Waals surface area contributed by atoms with Crippen molar-refractivity contribution in [3.05, 3.63) is 53.9 Å². The van der Waals surface area contributed by atoms with Crippen LogP contribution in [-0.4, -0.2) is 51.9 Å². The lowest BCUT2D eigenvalue weighted by molar-refractivity contribution is 0.0382. The Labute approximate surface area is 155 Å². The van der Waals surface area contributed by atoms with Crippen molar-refractivity contribution in [1.29, 1.82) is 0 Å². The second-order valence-electron chi connectivity index (χ2n) is 6.96. The summed E-state index contributed by atoms with van der Waals surface area (Å²) in [6.07, 6.45) is 1.68. The number of aromatic nitrogens is 2. The maximum atomic E-state index is 12.9. The molecule has 1 fully saturated rings. The third-order valence-electron chi connectivity index (χ3n) is 5.36. The second kappa shape index (κ2) is 6.28. The van der Waals surface area contributed by atoms with Gasteiger partial charge in [-0.3, -0.25) is 4.79 Å². The zero-order valence-electron chi connectivity index (χ0n) is 14.6. The molecule has 0 spiro atoms. The van der Waals surface area contributed by atoms with E-state index >= 15 is 0 Å².